The minimum absolute atomic E-state index is 0.525. The molecular formula is C21H41OS+. The summed E-state index contributed by atoms with van der Waals surface area (Å²) in [5.74, 6) is 3.49. The maximum atomic E-state index is 5.86. The lowest BCUT2D eigenvalue weighted by atomic mass is 9.99. The van der Waals surface area contributed by atoms with E-state index in [2.05, 4.69) is 25.3 Å². The Bertz CT molecular complexity index is 277. The second kappa shape index (κ2) is 15.6. The van der Waals surface area contributed by atoms with Crippen molar-refractivity contribution in [2.45, 2.75) is 90.9 Å². The maximum absolute atomic E-state index is 5.86. The number of unbranched alkanes of at least 4 members (excludes halogenated alkanes) is 7. The smallest absolute Gasteiger partial charge is 0.136 e. The first-order chi connectivity index (χ1) is 11.3. The fraction of sp³-hybridized carbons (Fsp3) is 0.905. The van der Waals surface area contributed by atoms with Gasteiger partial charge < -0.3 is 4.74 Å². The molecule has 1 aliphatic rings. The molecule has 0 N–H and O–H groups in total. The quantitative estimate of drug-likeness (QED) is 0.244. The van der Waals surface area contributed by atoms with E-state index in [1.54, 1.807) is 0 Å². The van der Waals surface area contributed by atoms with Gasteiger partial charge in [-0.25, -0.2) is 0 Å². The van der Waals surface area contributed by atoms with Gasteiger partial charge in [0, 0.05) is 17.5 Å². The molecule has 0 aromatic heterocycles. The van der Waals surface area contributed by atoms with Gasteiger partial charge >= 0.3 is 0 Å². The molecule has 23 heavy (non-hydrogen) atoms. The van der Waals surface area contributed by atoms with Crippen LogP contribution in [-0.4, -0.2) is 24.7 Å². The summed E-state index contributed by atoms with van der Waals surface area (Å²) >= 11 is 0. The highest BCUT2D eigenvalue weighted by molar-refractivity contribution is 7.99. The van der Waals surface area contributed by atoms with Crippen molar-refractivity contribution in [2.75, 3.05) is 24.7 Å². The third-order valence-electron chi connectivity index (χ3n) is 4.86. The van der Waals surface area contributed by atoms with Crippen molar-refractivity contribution in [3.8, 4) is 0 Å². The van der Waals surface area contributed by atoms with Gasteiger partial charge in [0.05, 0.1) is 6.61 Å². The number of hydrogen-bond acceptors (Lipinski definition) is 1. The first kappa shape index (κ1) is 21.1. The number of rotatable bonds is 15. The van der Waals surface area contributed by atoms with Gasteiger partial charge in [-0.2, -0.15) is 0 Å². The van der Waals surface area contributed by atoms with E-state index in [-0.39, 0.29) is 0 Å². The highest BCUT2D eigenvalue weighted by atomic mass is 32.2. The highest BCUT2D eigenvalue weighted by Gasteiger charge is 2.16. The summed E-state index contributed by atoms with van der Waals surface area (Å²) in [7, 11) is 0.525. The minimum atomic E-state index is 0.525. The van der Waals surface area contributed by atoms with Gasteiger partial charge in [-0.05, 0) is 31.3 Å². The maximum Gasteiger partial charge on any atom is 0.136 e. The van der Waals surface area contributed by atoms with E-state index in [1.165, 1.54) is 88.6 Å². The summed E-state index contributed by atoms with van der Waals surface area (Å²) < 4.78 is 5.86. The van der Waals surface area contributed by atoms with Crippen molar-refractivity contribution >= 4 is 10.9 Å². The summed E-state index contributed by atoms with van der Waals surface area (Å²) in [5, 5.41) is 2.43. The van der Waals surface area contributed by atoms with Crippen LogP contribution in [0, 0.1) is 5.92 Å². The van der Waals surface area contributed by atoms with Crippen molar-refractivity contribution in [1.82, 2.24) is 0 Å². The lowest BCUT2D eigenvalue weighted by Gasteiger charge is -2.12. The summed E-state index contributed by atoms with van der Waals surface area (Å²) in [6.07, 6.45) is 19.1. The summed E-state index contributed by atoms with van der Waals surface area (Å²) in [6.45, 7) is 6.63. The van der Waals surface area contributed by atoms with Crippen molar-refractivity contribution in [2.24, 2.45) is 5.92 Å². The topological polar surface area (TPSA) is 9.23 Å². The third kappa shape index (κ3) is 13.1. The van der Waals surface area contributed by atoms with Gasteiger partial charge in [0.2, 0.25) is 0 Å². The third-order valence-corrected chi connectivity index (χ3v) is 6.94. The Morgan fingerprint density at radius 3 is 2.39 bits per heavy atom. The Kier molecular flexibility index (Phi) is 14.3. The molecule has 2 heteroatoms. The van der Waals surface area contributed by atoms with Crippen molar-refractivity contribution < 1.29 is 4.74 Å². The summed E-state index contributed by atoms with van der Waals surface area (Å²) in [6, 6.07) is 0. The minimum Gasteiger partial charge on any atom is -0.377 e. The van der Waals surface area contributed by atoms with E-state index in [0.717, 1.165) is 19.1 Å². The zero-order chi connectivity index (χ0) is 16.6. The van der Waals surface area contributed by atoms with E-state index in [0.29, 0.717) is 10.9 Å². The van der Waals surface area contributed by atoms with E-state index in [1.807, 2.05) is 0 Å². The largest absolute Gasteiger partial charge is 0.377 e. The van der Waals surface area contributed by atoms with Crippen molar-refractivity contribution in [3.05, 3.63) is 11.5 Å². The molecule has 2 atom stereocenters. The Labute approximate surface area is 149 Å². The highest BCUT2D eigenvalue weighted by Crippen LogP contribution is 2.16. The first-order valence-electron chi connectivity index (χ1n) is 10.2. The zero-order valence-corrected chi connectivity index (χ0v) is 16.7. The number of ether oxygens (including phenoxy) is 1. The average Bonchev–Trinajstić information content (AvgIpc) is 2.58. The first-order valence-corrected chi connectivity index (χ1v) is 11.9. The van der Waals surface area contributed by atoms with Gasteiger partial charge in [-0.3, -0.25) is 0 Å². The molecule has 1 nitrogen and oxygen atoms in total. The molecular weight excluding hydrogens is 300 g/mol. The molecule has 1 rings (SSSR count). The van der Waals surface area contributed by atoms with Crippen LogP contribution in [0.4, 0.5) is 0 Å². The molecule has 0 fully saturated rings. The van der Waals surface area contributed by atoms with E-state index in [9.17, 15) is 0 Å². The normalized spacial score (nSPS) is 19.1. The SMILES string of the molecule is CCCCCCCCCCC(C)CCOCC[S+]1C=CCCC1. The molecule has 0 amide bonds. The molecule has 0 aliphatic carbocycles. The fourth-order valence-electron chi connectivity index (χ4n) is 3.15. The van der Waals surface area contributed by atoms with Crippen LogP contribution in [0.3, 0.4) is 0 Å². The predicted octanol–water partition coefficient (Wildman–Crippen LogP) is 6.49. The second-order valence-corrected chi connectivity index (χ2v) is 9.39. The molecule has 0 spiro atoms. The molecule has 136 valence electrons. The average molecular weight is 342 g/mol. The Hall–Kier alpha value is 0.0500. The van der Waals surface area contributed by atoms with Crippen molar-refractivity contribution in [1.29, 1.82) is 0 Å². The molecule has 0 bridgehead atoms. The van der Waals surface area contributed by atoms with Crippen LogP contribution in [-0.2, 0) is 15.6 Å². The van der Waals surface area contributed by atoms with E-state index in [4.69, 9.17) is 4.74 Å². The number of hydrogen-bond donors (Lipinski definition) is 0. The van der Waals surface area contributed by atoms with E-state index >= 15 is 0 Å². The Balaban J connectivity index is 1.80. The van der Waals surface area contributed by atoms with Crippen LogP contribution in [0.2, 0.25) is 0 Å². The molecule has 1 heterocycles. The summed E-state index contributed by atoms with van der Waals surface area (Å²) in [4.78, 5) is 0. The van der Waals surface area contributed by atoms with Gasteiger partial charge in [-0.1, -0.05) is 71.6 Å². The number of allylic oxidation sites excluding steroid dienone is 1. The molecule has 0 radical (unpaired) electrons. The van der Waals surface area contributed by atoms with E-state index < -0.39 is 0 Å². The fourth-order valence-corrected chi connectivity index (χ4v) is 4.91. The molecule has 0 aromatic carbocycles. The van der Waals surface area contributed by atoms with Crippen LogP contribution in [0.15, 0.2) is 11.5 Å². The van der Waals surface area contributed by atoms with Gasteiger partial charge in [0.1, 0.15) is 16.9 Å². The predicted molar refractivity (Wildman–Crippen MR) is 107 cm³/mol. The van der Waals surface area contributed by atoms with Crippen LogP contribution in [0.5, 0.6) is 0 Å². The lowest BCUT2D eigenvalue weighted by molar-refractivity contribution is 0.134. The molecule has 2 unspecified atom stereocenters. The van der Waals surface area contributed by atoms with Crippen LogP contribution < -0.4 is 0 Å². The second-order valence-electron chi connectivity index (χ2n) is 7.23. The van der Waals surface area contributed by atoms with Crippen LogP contribution >= 0.6 is 0 Å². The molecule has 0 saturated heterocycles. The van der Waals surface area contributed by atoms with Crippen molar-refractivity contribution in [3.63, 3.8) is 0 Å². The van der Waals surface area contributed by atoms with Gasteiger partial charge in [0.25, 0.3) is 0 Å². The van der Waals surface area contributed by atoms with Crippen LogP contribution in [0.1, 0.15) is 90.9 Å². The zero-order valence-electron chi connectivity index (χ0n) is 15.9. The Morgan fingerprint density at radius 2 is 1.70 bits per heavy atom. The van der Waals surface area contributed by atoms with Gasteiger partial charge in [0.15, 0.2) is 0 Å². The molecule has 0 saturated carbocycles. The lowest BCUT2D eigenvalue weighted by Crippen LogP contribution is -2.16. The van der Waals surface area contributed by atoms with Gasteiger partial charge in [-0.15, -0.1) is 0 Å². The monoisotopic (exact) mass is 341 g/mol. The molecule has 1 aliphatic heterocycles. The molecule has 0 aromatic rings. The Morgan fingerprint density at radius 1 is 0.957 bits per heavy atom. The standard InChI is InChI=1S/C21H41OS/c1-3-4-5-6-7-8-9-11-14-21(2)15-16-22-17-20-23-18-12-10-13-19-23/h12,18,21H,3-11,13-17,19-20H2,1-2H3/q+1. The van der Waals surface area contributed by atoms with Crippen LogP contribution in [0.25, 0.3) is 0 Å². The summed E-state index contributed by atoms with van der Waals surface area (Å²) in [5.41, 5.74) is 0.